The van der Waals surface area contributed by atoms with Gasteiger partial charge in [-0.05, 0) is 20.4 Å². The summed E-state index contributed by atoms with van der Waals surface area (Å²) in [6, 6.07) is 0.0974. The van der Waals surface area contributed by atoms with Crippen LogP contribution in [0.3, 0.4) is 0 Å². The minimum absolute atomic E-state index is 0.213. The molecule has 0 aliphatic carbocycles. The number of likely N-dealkylation sites (N-methyl/N-ethyl adjacent to an activating group) is 1. The monoisotopic (exact) mass is 246 g/mol. The summed E-state index contributed by atoms with van der Waals surface area (Å²) in [5.74, 6) is -0.213. The van der Waals surface area contributed by atoms with Crippen LogP contribution in [0.2, 0.25) is 0 Å². The predicted molar refractivity (Wildman–Crippen MR) is 68.1 cm³/mol. The van der Waals surface area contributed by atoms with E-state index < -0.39 is 0 Å². The number of hydrogen-bond donors (Lipinski definition) is 1. The minimum atomic E-state index is -0.274. The molecular weight excluding hydrogens is 220 g/mol. The van der Waals surface area contributed by atoms with Crippen LogP contribution in [-0.2, 0) is 14.3 Å². The lowest BCUT2D eigenvalue weighted by Gasteiger charge is -2.29. The summed E-state index contributed by atoms with van der Waals surface area (Å²) in [6.45, 7) is 9.06. The van der Waals surface area contributed by atoms with E-state index in [1.54, 1.807) is 7.11 Å². The van der Waals surface area contributed by atoms with Gasteiger partial charge in [-0.3, -0.25) is 9.69 Å². The number of methoxy groups -OCH3 is 2. The highest BCUT2D eigenvalue weighted by Crippen LogP contribution is 2.01. The first-order valence-corrected chi connectivity index (χ1v) is 6.11. The third-order valence-electron chi connectivity index (χ3n) is 2.67. The Morgan fingerprint density at radius 3 is 2.41 bits per heavy atom. The smallest absolute Gasteiger partial charge is 0.324 e. The van der Waals surface area contributed by atoms with Gasteiger partial charge < -0.3 is 14.8 Å². The molecule has 0 rings (SSSR count). The van der Waals surface area contributed by atoms with Gasteiger partial charge in [0.05, 0.1) is 13.7 Å². The third kappa shape index (κ3) is 6.61. The standard InChI is InChI=1S/C12H26N2O3/c1-6-13-11(12(15)17-5)9-14(10(2)3)7-8-16-4/h10-11,13H,6-9H2,1-5H3. The fraction of sp³-hybridized carbons (Fsp3) is 0.917. The van der Waals surface area contributed by atoms with Crippen molar-refractivity contribution >= 4 is 5.97 Å². The Morgan fingerprint density at radius 2 is 2.00 bits per heavy atom. The topological polar surface area (TPSA) is 50.8 Å². The van der Waals surface area contributed by atoms with Gasteiger partial charge in [-0.25, -0.2) is 0 Å². The zero-order valence-electron chi connectivity index (χ0n) is 11.7. The lowest BCUT2D eigenvalue weighted by atomic mass is 10.2. The lowest BCUT2D eigenvalue weighted by molar-refractivity contribution is -0.143. The summed E-state index contributed by atoms with van der Waals surface area (Å²) in [5, 5.41) is 3.14. The molecule has 0 aromatic carbocycles. The zero-order chi connectivity index (χ0) is 13.3. The van der Waals surface area contributed by atoms with Gasteiger partial charge >= 0.3 is 5.97 Å². The SMILES string of the molecule is CCNC(CN(CCOC)C(C)C)C(=O)OC. The highest BCUT2D eigenvalue weighted by molar-refractivity contribution is 5.75. The van der Waals surface area contributed by atoms with Crippen molar-refractivity contribution in [2.75, 3.05) is 40.5 Å². The number of carbonyl (C=O) groups is 1. The van der Waals surface area contributed by atoms with E-state index in [-0.39, 0.29) is 12.0 Å². The largest absolute Gasteiger partial charge is 0.468 e. The van der Waals surface area contributed by atoms with Crippen molar-refractivity contribution < 1.29 is 14.3 Å². The summed E-state index contributed by atoms with van der Waals surface area (Å²) in [4.78, 5) is 13.8. The molecule has 0 saturated carbocycles. The van der Waals surface area contributed by atoms with Gasteiger partial charge in [-0.1, -0.05) is 6.92 Å². The maximum absolute atomic E-state index is 11.6. The maximum Gasteiger partial charge on any atom is 0.324 e. The average molecular weight is 246 g/mol. The Balaban J connectivity index is 4.38. The first-order valence-electron chi connectivity index (χ1n) is 6.11. The summed E-state index contributed by atoms with van der Waals surface area (Å²) >= 11 is 0. The molecule has 0 radical (unpaired) electrons. The highest BCUT2D eigenvalue weighted by Gasteiger charge is 2.22. The van der Waals surface area contributed by atoms with Crippen molar-refractivity contribution in [2.45, 2.75) is 32.9 Å². The summed E-state index contributed by atoms with van der Waals surface area (Å²) in [7, 11) is 3.10. The van der Waals surface area contributed by atoms with Crippen LogP contribution >= 0.6 is 0 Å². The summed E-state index contributed by atoms with van der Waals surface area (Å²) in [6.07, 6.45) is 0. The quantitative estimate of drug-likeness (QED) is 0.600. The van der Waals surface area contributed by atoms with Crippen molar-refractivity contribution in [3.63, 3.8) is 0 Å². The number of hydrogen-bond acceptors (Lipinski definition) is 5. The van der Waals surface area contributed by atoms with E-state index in [0.29, 0.717) is 19.2 Å². The Morgan fingerprint density at radius 1 is 1.35 bits per heavy atom. The van der Waals surface area contributed by atoms with Crippen LogP contribution in [0.25, 0.3) is 0 Å². The second-order valence-electron chi connectivity index (χ2n) is 4.21. The van der Waals surface area contributed by atoms with Crippen molar-refractivity contribution in [2.24, 2.45) is 0 Å². The Kier molecular flexibility index (Phi) is 9.03. The first-order chi connectivity index (χ1) is 8.06. The molecule has 1 N–H and O–H groups in total. The molecule has 0 aromatic rings. The molecule has 5 heteroatoms. The van der Waals surface area contributed by atoms with Crippen LogP contribution in [0.1, 0.15) is 20.8 Å². The van der Waals surface area contributed by atoms with Crippen LogP contribution in [0.5, 0.6) is 0 Å². The molecule has 0 aliphatic rings. The van der Waals surface area contributed by atoms with Crippen molar-refractivity contribution in [3.8, 4) is 0 Å². The van der Waals surface area contributed by atoms with Gasteiger partial charge in [0, 0.05) is 26.2 Å². The fourth-order valence-corrected chi connectivity index (χ4v) is 1.61. The molecule has 0 spiro atoms. The van der Waals surface area contributed by atoms with Crippen LogP contribution < -0.4 is 5.32 Å². The number of rotatable bonds is 9. The summed E-state index contributed by atoms with van der Waals surface area (Å²) < 4.78 is 9.86. The van der Waals surface area contributed by atoms with Crippen molar-refractivity contribution in [1.29, 1.82) is 0 Å². The maximum atomic E-state index is 11.6. The van der Waals surface area contributed by atoms with Gasteiger partial charge in [0.1, 0.15) is 6.04 Å². The minimum Gasteiger partial charge on any atom is -0.468 e. The third-order valence-corrected chi connectivity index (χ3v) is 2.67. The van der Waals surface area contributed by atoms with E-state index in [4.69, 9.17) is 9.47 Å². The number of nitrogens with one attached hydrogen (secondary N) is 1. The van der Waals surface area contributed by atoms with Crippen LogP contribution in [0.4, 0.5) is 0 Å². The normalized spacial score (nSPS) is 13.1. The molecule has 1 unspecified atom stereocenters. The lowest BCUT2D eigenvalue weighted by Crippen LogP contribution is -2.49. The van der Waals surface area contributed by atoms with Gasteiger partial charge in [-0.15, -0.1) is 0 Å². The van der Waals surface area contributed by atoms with Gasteiger partial charge in [0.25, 0.3) is 0 Å². The molecule has 0 heterocycles. The number of carbonyl (C=O) groups excluding carboxylic acids is 1. The molecule has 1 atom stereocenters. The van der Waals surface area contributed by atoms with Gasteiger partial charge in [0.2, 0.25) is 0 Å². The van der Waals surface area contributed by atoms with E-state index in [1.807, 2.05) is 6.92 Å². The van der Waals surface area contributed by atoms with Crippen LogP contribution in [0.15, 0.2) is 0 Å². The molecule has 0 amide bonds. The van der Waals surface area contributed by atoms with E-state index in [1.165, 1.54) is 7.11 Å². The van der Waals surface area contributed by atoms with Crippen LogP contribution in [0, 0.1) is 0 Å². The van der Waals surface area contributed by atoms with E-state index in [9.17, 15) is 4.79 Å². The van der Waals surface area contributed by atoms with Crippen molar-refractivity contribution in [3.05, 3.63) is 0 Å². The molecule has 17 heavy (non-hydrogen) atoms. The Hall–Kier alpha value is -0.650. The molecule has 0 saturated heterocycles. The first kappa shape index (κ1) is 16.4. The number of ether oxygens (including phenoxy) is 2. The molecule has 0 bridgehead atoms. The molecule has 102 valence electrons. The molecule has 5 nitrogen and oxygen atoms in total. The molecule has 0 fully saturated rings. The van der Waals surface area contributed by atoms with E-state index in [2.05, 4.69) is 24.1 Å². The second-order valence-corrected chi connectivity index (χ2v) is 4.21. The molecule has 0 aromatic heterocycles. The average Bonchev–Trinajstić information content (AvgIpc) is 2.31. The Bertz CT molecular complexity index is 210. The number of nitrogens with zero attached hydrogens (tertiary/aromatic N) is 1. The molecular formula is C12H26N2O3. The fourth-order valence-electron chi connectivity index (χ4n) is 1.61. The Labute approximate surface area is 104 Å². The molecule has 0 aliphatic heterocycles. The van der Waals surface area contributed by atoms with E-state index in [0.717, 1.165) is 13.1 Å². The number of esters is 1. The van der Waals surface area contributed by atoms with Gasteiger partial charge in [0.15, 0.2) is 0 Å². The van der Waals surface area contributed by atoms with E-state index >= 15 is 0 Å². The zero-order valence-corrected chi connectivity index (χ0v) is 11.7. The van der Waals surface area contributed by atoms with Crippen LogP contribution in [-0.4, -0.2) is 63.4 Å². The van der Waals surface area contributed by atoms with Crippen molar-refractivity contribution in [1.82, 2.24) is 10.2 Å². The predicted octanol–water partition coefficient (Wildman–Crippen LogP) is 0.494. The highest BCUT2D eigenvalue weighted by atomic mass is 16.5. The van der Waals surface area contributed by atoms with Gasteiger partial charge in [-0.2, -0.15) is 0 Å². The summed E-state index contributed by atoms with van der Waals surface area (Å²) in [5.41, 5.74) is 0. The second kappa shape index (κ2) is 9.39.